The summed E-state index contributed by atoms with van der Waals surface area (Å²) in [5.41, 5.74) is 0.876. The van der Waals surface area contributed by atoms with Gasteiger partial charge in [-0.05, 0) is 13.0 Å². The predicted octanol–water partition coefficient (Wildman–Crippen LogP) is 1.96. The number of nitrogens with one attached hydrogen (secondary N) is 1. The molecule has 0 aliphatic rings. The van der Waals surface area contributed by atoms with Crippen LogP contribution < -0.4 is 5.32 Å². The van der Waals surface area contributed by atoms with E-state index in [0.717, 1.165) is 18.5 Å². The Morgan fingerprint density at radius 1 is 1.42 bits per heavy atom. The van der Waals surface area contributed by atoms with Gasteiger partial charge in [0.1, 0.15) is 0 Å². The molecule has 0 saturated heterocycles. The lowest BCUT2D eigenvalue weighted by atomic mass is 9.99. The summed E-state index contributed by atoms with van der Waals surface area (Å²) in [6, 6.07) is 0.354. The maximum absolute atomic E-state index is 5.38. The van der Waals surface area contributed by atoms with E-state index in [2.05, 4.69) is 41.3 Å². The molecule has 1 N–H and O–H groups in total. The fraction of sp³-hybridized carbons (Fsp3) is 0.615. The van der Waals surface area contributed by atoms with Crippen molar-refractivity contribution in [3.8, 4) is 11.4 Å². The highest BCUT2D eigenvalue weighted by Gasteiger charge is 2.22. The van der Waals surface area contributed by atoms with Crippen LogP contribution in [0.3, 0.4) is 0 Å². The molecule has 6 heteroatoms. The van der Waals surface area contributed by atoms with Crippen molar-refractivity contribution in [2.75, 3.05) is 6.54 Å². The molecule has 0 aliphatic heterocycles. The lowest BCUT2D eigenvalue weighted by molar-refractivity contribution is 0.321. The average Bonchev–Trinajstić information content (AvgIpc) is 3.03. The minimum atomic E-state index is 0.197. The van der Waals surface area contributed by atoms with Gasteiger partial charge in [0, 0.05) is 19.3 Å². The fourth-order valence-electron chi connectivity index (χ4n) is 2.18. The number of aryl methyl sites for hydroxylation is 1. The highest BCUT2D eigenvalue weighted by Crippen LogP contribution is 2.22. The molecule has 2 unspecified atom stereocenters. The predicted molar refractivity (Wildman–Crippen MR) is 72.7 cm³/mol. The molecule has 0 fully saturated rings. The van der Waals surface area contributed by atoms with Crippen LogP contribution in [0.4, 0.5) is 0 Å². The van der Waals surface area contributed by atoms with Crippen LogP contribution >= 0.6 is 0 Å². The van der Waals surface area contributed by atoms with Crippen LogP contribution in [0.2, 0.25) is 0 Å². The molecule has 6 nitrogen and oxygen atoms in total. The lowest BCUT2D eigenvalue weighted by Crippen LogP contribution is -2.33. The van der Waals surface area contributed by atoms with Crippen LogP contribution in [-0.2, 0) is 7.05 Å². The molecule has 0 aromatic carbocycles. The molecule has 2 heterocycles. The van der Waals surface area contributed by atoms with Crippen molar-refractivity contribution in [3.63, 3.8) is 0 Å². The van der Waals surface area contributed by atoms with Crippen molar-refractivity contribution in [2.45, 2.75) is 39.2 Å². The van der Waals surface area contributed by atoms with E-state index < -0.39 is 0 Å². The van der Waals surface area contributed by atoms with Gasteiger partial charge in [-0.15, -0.1) is 0 Å². The van der Waals surface area contributed by atoms with Crippen molar-refractivity contribution in [1.29, 1.82) is 0 Å². The average molecular weight is 263 g/mol. The van der Waals surface area contributed by atoms with Crippen LogP contribution in [0.15, 0.2) is 16.9 Å². The maximum atomic E-state index is 5.38. The first-order valence-corrected chi connectivity index (χ1v) is 6.71. The second-order valence-electron chi connectivity index (χ2n) is 4.72. The smallest absolute Gasteiger partial charge is 0.231 e. The molecular formula is C13H21N5O. The number of hydrogen-bond acceptors (Lipinski definition) is 5. The summed E-state index contributed by atoms with van der Waals surface area (Å²) in [6.45, 7) is 7.30. The normalized spacial score (nSPS) is 14.5. The number of aromatic nitrogens is 4. The Labute approximate surface area is 113 Å². The Morgan fingerprint density at radius 2 is 2.21 bits per heavy atom. The minimum Gasteiger partial charge on any atom is -0.339 e. The van der Waals surface area contributed by atoms with E-state index in [1.807, 2.05) is 13.2 Å². The van der Waals surface area contributed by atoms with E-state index in [0.29, 0.717) is 17.8 Å². The van der Waals surface area contributed by atoms with Crippen LogP contribution in [-0.4, -0.2) is 32.5 Å². The van der Waals surface area contributed by atoms with Crippen molar-refractivity contribution >= 4 is 0 Å². The maximum Gasteiger partial charge on any atom is 0.231 e. The van der Waals surface area contributed by atoms with Gasteiger partial charge >= 0.3 is 0 Å². The zero-order valence-corrected chi connectivity index (χ0v) is 11.9. The Hall–Kier alpha value is -1.69. The summed E-state index contributed by atoms with van der Waals surface area (Å²) in [4.78, 5) is 4.47. The molecule has 0 bridgehead atoms. The van der Waals surface area contributed by atoms with E-state index in [-0.39, 0.29) is 5.92 Å². The summed E-state index contributed by atoms with van der Waals surface area (Å²) < 4.78 is 7.11. The summed E-state index contributed by atoms with van der Waals surface area (Å²) in [7, 11) is 1.87. The molecule has 2 rings (SSSR count). The third-order valence-corrected chi connectivity index (χ3v) is 3.30. The number of nitrogens with zero attached hydrogens (tertiary/aromatic N) is 4. The number of hydrogen-bond donors (Lipinski definition) is 1. The number of likely N-dealkylation sites (N-methyl/N-ethyl adjacent to an activating group) is 1. The molecule has 19 heavy (non-hydrogen) atoms. The third kappa shape index (κ3) is 3.01. The van der Waals surface area contributed by atoms with Gasteiger partial charge in [-0.2, -0.15) is 10.1 Å². The first-order chi connectivity index (χ1) is 9.15. The lowest BCUT2D eigenvalue weighted by Gasteiger charge is -2.20. The standard InChI is InChI=1S/C13H21N5O/c1-5-11(14-6-2)9(3)13-16-12(17-19-13)10-7-15-18(4)8-10/h7-9,11,14H,5-6H2,1-4H3. The highest BCUT2D eigenvalue weighted by molar-refractivity contribution is 5.51. The molecule has 0 aliphatic carbocycles. The van der Waals surface area contributed by atoms with Crippen molar-refractivity contribution in [2.24, 2.45) is 7.05 Å². The molecule has 2 aromatic heterocycles. The summed E-state index contributed by atoms with van der Waals surface area (Å²) in [5, 5.41) is 11.6. The van der Waals surface area contributed by atoms with E-state index in [4.69, 9.17) is 4.52 Å². The van der Waals surface area contributed by atoms with Crippen molar-refractivity contribution in [1.82, 2.24) is 25.2 Å². The monoisotopic (exact) mass is 263 g/mol. The zero-order chi connectivity index (χ0) is 13.8. The molecule has 2 atom stereocenters. The summed E-state index contributed by atoms with van der Waals surface area (Å²) in [6.07, 6.45) is 4.64. The topological polar surface area (TPSA) is 68.8 Å². The summed E-state index contributed by atoms with van der Waals surface area (Å²) in [5.74, 6) is 1.47. The second kappa shape index (κ2) is 5.97. The first kappa shape index (κ1) is 13.7. The molecule has 104 valence electrons. The van der Waals surface area contributed by atoms with Gasteiger partial charge in [-0.25, -0.2) is 0 Å². The Morgan fingerprint density at radius 3 is 2.79 bits per heavy atom. The van der Waals surface area contributed by atoms with Crippen molar-refractivity contribution in [3.05, 3.63) is 18.3 Å². The van der Waals surface area contributed by atoms with Crippen molar-refractivity contribution < 1.29 is 4.52 Å². The van der Waals surface area contributed by atoms with Gasteiger partial charge in [-0.1, -0.05) is 25.9 Å². The van der Waals surface area contributed by atoms with Gasteiger partial charge < -0.3 is 9.84 Å². The molecule has 0 spiro atoms. The van der Waals surface area contributed by atoms with Gasteiger partial charge in [-0.3, -0.25) is 4.68 Å². The summed E-state index contributed by atoms with van der Waals surface area (Å²) >= 11 is 0. The minimum absolute atomic E-state index is 0.197. The van der Waals surface area contributed by atoms with Gasteiger partial charge in [0.15, 0.2) is 0 Å². The van der Waals surface area contributed by atoms with Gasteiger partial charge in [0.2, 0.25) is 11.7 Å². The number of rotatable bonds is 6. The van der Waals surface area contributed by atoms with E-state index in [9.17, 15) is 0 Å². The third-order valence-electron chi connectivity index (χ3n) is 3.30. The molecule has 0 amide bonds. The SMILES string of the molecule is CCNC(CC)C(C)c1nc(-c2cnn(C)c2)no1. The van der Waals surface area contributed by atoms with E-state index >= 15 is 0 Å². The van der Waals surface area contributed by atoms with Crippen LogP contribution in [0.5, 0.6) is 0 Å². The molecule has 2 aromatic rings. The second-order valence-corrected chi connectivity index (χ2v) is 4.72. The zero-order valence-electron chi connectivity index (χ0n) is 11.9. The molecular weight excluding hydrogens is 242 g/mol. The quantitative estimate of drug-likeness (QED) is 0.862. The largest absolute Gasteiger partial charge is 0.339 e. The van der Waals surface area contributed by atoms with Gasteiger partial charge in [0.05, 0.1) is 17.7 Å². The van der Waals surface area contributed by atoms with Crippen LogP contribution in [0, 0.1) is 0 Å². The highest BCUT2D eigenvalue weighted by atomic mass is 16.5. The van der Waals surface area contributed by atoms with Crippen LogP contribution in [0.25, 0.3) is 11.4 Å². The van der Waals surface area contributed by atoms with E-state index in [1.165, 1.54) is 0 Å². The van der Waals surface area contributed by atoms with E-state index in [1.54, 1.807) is 10.9 Å². The fourth-order valence-corrected chi connectivity index (χ4v) is 2.18. The molecule has 0 radical (unpaired) electrons. The first-order valence-electron chi connectivity index (χ1n) is 6.71. The van der Waals surface area contributed by atoms with Crippen LogP contribution in [0.1, 0.15) is 39.0 Å². The Balaban J connectivity index is 2.16. The Kier molecular flexibility index (Phi) is 4.31. The Bertz CT molecular complexity index is 519. The van der Waals surface area contributed by atoms with Gasteiger partial charge in [0.25, 0.3) is 0 Å². The molecule has 0 saturated carbocycles.